The summed E-state index contributed by atoms with van der Waals surface area (Å²) >= 11 is 316. The van der Waals surface area contributed by atoms with Crippen molar-refractivity contribution in [1.29, 1.82) is 0 Å². The van der Waals surface area contributed by atoms with Crippen LogP contribution in [0.25, 0.3) is 0 Å². The zero-order chi connectivity index (χ0) is 99.1. The molecule has 0 fully saturated rings. The van der Waals surface area contributed by atoms with Crippen molar-refractivity contribution >= 4 is 1240 Å². The molecule has 119 heavy (non-hydrogen) atoms. The first-order valence-electron chi connectivity index (χ1n) is 25.2. The summed E-state index contributed by atoms with van der Waals surface area (Å²) in [6, 6.07) is 0. The molecule has 0 spiro atoms. The largest absolute Gasteiger partial charge is 0.312 e. The summed E-state index contributed by atoms with van der Waals surface area (Å²) in [4.78, 5) is 0. The number of rotatable bonds is 38. The van der Waals surface area contributed by atoms with Gasteiger partial charge in [-0.3, -0.25) is 0 Å². The first kappa shape index (κ1) is 156. The SMILES string of the molecule is BrC(Br)(Br)C(Br)(Br)C(Br)(Br)C(Br)(Br)C(Br)(Br)C(Br)(Br)C(Br)(Br)C(Br)(Br)C(Br)(Br)C(Br)(Br)C(Br)(Br)C(Br)(Br)C(Br)(Br)C(Br)(Br)C(Br)(Br)C(Br)(Br)C(Br)(Br)C(Br)(Br)C(Br)(Br)CNCC(Br)(Br)C(Br)(Br)C(Br)(Br)C(Br)(Br)C(Br)(Br)C(Br)(Br)C(Br)(Br)C(Br)(Br)C(Br)(Br)C(Br)(Br)C(Br)(Br)C(Br)(Br)C(Br)(Br)C(Br)(Br)C(Br)(Br)C(Br)(Br)C(Br)(Br)C(Br)(Br)C(Br)(Br)Br. The zero-order valence-corrected chi connectivity index (χ0v) is 174. The summed E-state index contributed by atoms with van der Waals surface area (Å²) < 4.78 is -52.1. The van der Waals surface area contributed by atoms with Crippen LogP contribution in [-0.4, -0.2) is 134 Å². The summed E-state index contributed by atoms with van der Waals surface area (Å²) in [7, 11) is 0. The van der Waals surface area contributed by atoms with Gasteiger partial charge in [0.1, 0.15) is 116 Å². The highest BCUT2D eigenvalue weighted by Crippen LogP contribution is 2.89. The van der Waals surface area contributed by atoms with Gasteiger partial charge in [-0.1, -0.05) is 1240 Å². The maximum atomic E-state index is 4.14. The molecule has 79 heteroatoms. The molecule has 0 aromatic rings. The highest BCUT2D eigenvalue weighted by molar-refractivity contribution is 9.47. The number of hydrogen-bond acceptors (Lipinski definition) is 1. The molecule has 0 amide bonds. The summed E-state index contributed by atoms with van der Waals surface area (Å²) in [5, 5.41) is 3.63. The lowest BCUT2D eigenvalue weighted by Crippen LogP contribution is -2.74. The average molecular weight is 6730 g/mol. The van der Waals surface area contributed by atoms with E-state index in [0.29, 0.717) is 0 Å². The van der Waals surface area contributed by atoms with Gasteiger partial charge < -0.3 is 5.32 Å². The first-order chi connectivity index (χ1) is 49.7. The Kier molecular flexibility index (Phi) is 67.6. The van der Waals surface area contributed by atoms with E-state index in [-0.39, 0.29) is 13.1 Å². The molecule has 716 valence electrons. The van der Waals surface area contributed by atoms with Crippen molar-refractivity contribution in [2.75, 3.05) is 13.1 Å². The van der Waals surface area contributed by atoms with Crippen LogP contribution in [-0.2, 0) is 0 Å². The molecule has 0 unspecified atom stereocenters. The summed E-state index contributed by atoms with van der Waals surface area (Å²) in [5.74, 6) is 0. The normalized spacial score (nSPS) is 17.6. The van der Waals surface area contributed by atoms with E-state index >= 15 is 0 Å². The molecule has 1 N–H and O–H groups in total. The van der Waals surface area contributed by atoms with Crippen LogP contribution < -0.4 is 5.32 Å². The fraction of sp³-hybridized carbons (Fsp3) is 1.00. The molecule has 0 heterocycles. The van der Waals surface area contributed by atoms with Crippen molar-refractivity contribution < 1.29 is 0 Å². The molecule has 0 rings (SSSR count). The molecule has 0 saturated heterocycles. The minimum Gasteiger partial charge on any atom is -0.312 e. The Balaban J connectivity index is 8.01. The van der Waals surface area contributed by atoms with Crippen LogP contribution in [0.1, 0.15) is 0 Å². The van der Waals surface area contributed by atoms with Gasteiger partial charge in [0.25, 0.3) is 0 Å². The maximum Gasteiger partial charge on any atom is 0.162 e. The van der Waals surface area contributed by atoms with E-state index in [9.17, 15) is 0 Å². The van der Waals surface area contributed by atoms with Crippen LogP contribution in [0.5, 0.6) is 0 Å². The third-order valence-corrected chi connectivity index (χ3v) is 182. The Labute approximate surface area is 1340 Å². The quantitative estimate of drug-likeness (QED) is 0.0608. The second-order valence-corrected chi connectivity index (χ2v) is 161. The highest BCUT2D eigenvalue weighted by atomic mass is 80.0. The van der Waals surface area contributed by atoms with Gasteiger partial charge in [0.05, 0.1) is 0 Å². The Morgan fingerprint density at radius 3 is 0.210 bits per heavy atom. The smallest absolute Gasteiger partial charge is 0.162 e. The number of alkyl halides is 78. The molecule has 0 radical (unpaired) electrons. The van der Waals surface area contributed by atoms with Crippen LogP contribution in [0.4, 0.5) is 0 Å². The monoisotopic (exact) mass is 6650 g/mol. The van der Waals surface area contributed by atoms with Gasteiger partial charge in [-0.25, -0.2) is 0 Å². The first-order valence-corrected chi connectivity index (χ1v) is 87.0. The van der Waals surface area contributed by atoms with Crippen molar-refractivity contribution in [3.8, 4) is 0 Å². The number of halogens is 78. The second kappa shape index (κ2) is 51.4. The van der Waals surface area contributed by atoms with Gasteiger partial charge in [-0.15, -0.1) is 0 Å². The van der Waals surface area contributed by atoms with E-state index < -0.39 is 121 Å². The van der Waals surface area contributed by atoms with Crippen molar-refractivity contribution in [1.82, 2.24) is 5.32 Å². The Hall–Kier alpha value is 37.4. The van der Waals surface area contributed by atoms with E-state index in [0.717, 1.165) is 0 Å². The minimum atomic E-state index is -1.50. The van der Waals surface area contributed by atoms with Gasteiger partial charge in [0, 0.05) is 13.1 Å². The minimum absolute atomic E-state index is 0.136. The van der Waals surface area contributed by atoms with E-state index in [2.05, 4.69) is 1250 Å². The second-order valence-electron chi connectivity index (χ2n) is 22.5. The molecule has 0 aliphatic carbocycles. The van der Waals surface area contributed by atoms with E-state index in [1.54, 1.807) is 0 Å². The number of nitrogens with one attached hydrogen (secondary N) is 1. The third-order valence-electron chi connectivity index (χ3n) is 14.9. The van der Waals surface area contributed by atoms with Gasteiger partial charge >= 0.3 is 0 Å². The van der Waals surface area contributed by atoms with Crippen LogP contribution in [0.15, 0.2) is 0 Å². The van der Waals surface area contributed by atoms with E-state index in [1.807, 2.05) is 0 Å². The fourth-order valence-corrected chi connectivity index (χ4v) is 87.1. The van der Waals surface area contributed by atoms with Crippen molar-refractivity contribution in [3.05, 3.63) is 0 Å². The van der Waals surface area contributed by atoms with Crippen molar-refractivity contribution in [2.45, 2.75) is 121 Å². The number of hydrogen-bond donors (Lipinski definition) is 1. The predicted octanol–water partition coefficient (Wildman–Crippen LogP) is 57.8. The molecular formula is C40H5Br78N. The fourth-order valence-electron chi connectivity index (χ4n) is 7.33. The standard InChI is InChI=1S/C40H5Br78N/c41-3(42,5(45,46)7(49,50)9(53,54)11(57,58)13(61,62)15(65,66)17(69,70)19(73,74)21(77,78)23(81,82)25(85,86)27(89,90)29(93,94)31(97,98)33(101,102)35(105,106)37(109,110)39(113,114)115)1-119-2-4(43,44)6(47,48)8(51,52)10(55,56)12(59,60)14(63,64)16(67,68)18(71,72)20(75,76)22(79,80)24(83,84)26(87,88)28(91,92)30(95,96)32(99,100)34(103,104)36(107,108)38(111,112)40(116,117)118/h119H,1-2H2. The summed E-state index contributed by atoms with van der Waals surface area (Å²) in [5.41, 5.74) is 0. The molecule has 0 aliphatic rings. The van der Waals surface area contributed by atoms with Gasteiger partial charge in [0.2, 0.25) is 0 Å². The van der Waals surface area contributed by atoms with Crippen molar-refractivity contribution in [2.24, 2.45) is 0 Å². The van der Waals surface area contributed by atoms with Crippen LogP contribution in [0, 0.1) is 0 Å². The Morgan fingerprint density at radius 1 is 0.0840 bits per heavy atom. The Bertz CT molecular complexity index is 3350. The lowest BCUT2D eigenvalue weighted by Gasteiger charge is -2.62. The molecule has 0 saturated carbocycles. The van der Waals surface area contributed by atoms with E-state index in [4.69, 9.17) is 0 Å². The molecule has 0 aromatic carbocycles. The van der Waals surface area contributed by atoms with Gasteiger partial charge in [-0.05, 0) is 0 Å². The lowest BCUT2D eigenvalue weighted by atomic mass is 10.0. The van der Waals surface area contributed by atoms with Crippen molar-refractivity contribution in [3.63, 3.8) is 0 Å². The lowest BCUT2D eigenvalue weighted by molar-refractivity contribution is 0.505. The van der Waals surface area contributed by atoms with Crippen LogP contribution in [0.2, 0.25) is 0 Å². The Morgan fingerprint density at radius 2 is 0.143 bits per heavy atom. The molecule has 0 aromatic heterocycles. The van der Waals surface area contributed by atoms with E-state index in [1.165, 1.54) is 0 Å². The van der Waals surface area contributed by atoms with Crippen LogP contribution >= 0.6 is 1240 Å². The van der Waals surface area contributed by atoms with Gasteiger partial charge in [0.15, 0.2) is 4.29 Å². The highest BCUT2D eigenvalue weighted by Gasteiger charge is 2.89. The molecule has 0 atom stereocenters. The average Bonchev–Trinajstić information content (AvgIpc) is 0.676. The molecular weight excluding hydrogens is 6730 g/mol. The van der Waals surface area contributed by atoms with Crippen LogP contribution in [0.3, 0.4) is 0 Å². The van der Waals surface area contributed by atoms with Gasteiger partial charge in [-0.2, -0.15) is 0 Å². The maximum absolute atomic E-state index is 4.14. The molecule has 0 bridgehead atoms. The zero-order valence-electron chi connectivity index (χ0n) is 50.4. The topological polar surface area (TPSA) is 12.0 Å². The predicted molar refractivity (Wildman–Crippen MR) is 813 cm³/mol. The molecule has 0 aliphatic heterocycles. The summed E-state index contributed by atoms with van der Waals surface area (Å²) in [6.45, 7) is 0.271. The summed E-state index contributed by atoms with van der Waals surface area (Å²) in [6.07, 6.45) is 0. The third kappa shape index (κ3) is 26.8. The molecule has 1 nitrogen and oxygen atoms in total.